The van der Waals surface area contributed by atoms with Crippen LogP contribution in [0, 0.1) is 0 Å². The maximum Gasteiger partial charge on any atom is 0.146 e. The van der Waals surface area contributed by atoms with Gasteiger partial charge >= 0.3 is 0 Å². The predicted octanol–water partition coefficient (Wildman–Crippen LogP) is 6.39. The molecule has 0 aliphatic heterocycles. The lowest BCUT2D eigenvalue weighted by molar-refractivity contribution is 1.01. The summed E-state index contributed by atoms with van der Waals surface area (Å²) in [5.41, 5.74) is 2.81. The van der Waals surface area contributed by atoms with Crippen molar-refractivity contribution in [3.05, 3.63) is 69.4 Å². The number of hydrogen-bond donors (Lipinski definition) is 0. The van der Waals surface area contributed by atoms with E-state index in [4.69, 9.17) is 34.8 Å². The van der Waals surface area contributed by atoms with Gasteiger partial charge in [-0.15, -0.1) is 0 Å². The molecule has 0 N–H and O–H groups in total. The van der Waals surface area contributed by atoms with E-state index in [2.05, 4.69) is 20.9 Å². The van der Waals surface area contributed by atoms with E-state index in [1.807, 2.05) is 41.1 Å². The molecule has 1 heterocycles. The molecular formula is C16H10BrCl3N2. The zero-order valence-electron chi connectivity index (χ0n) is 11.2. The van der Waals surface area contributed by atoms with Crippen molar-refractivity contribution in [2.75, 3.05) is 0 Å². The summed E-state index contributed by atoms with van der Waals surface area (Å²) >= 11 is 21.8. The first-order chi connectivity index (χ1) is 10.6. The minimum atomic E-state index is 0.564. The van der Waals surface area contributed by atoms with Crippen molar-refractivity contribution in [2.45, 2.75) is 5.33 Å². The van der Waals surface area contributed by atoms with Crippen LogP contribution in [0.1, 0.15) is 5.69 Å². The van der Waals surface area contributed by atoms with Crippen LogP contribution in [0.15, 0.2) is 48.7 Å². The normalized spacial score (nSPS) is 10.9. The summed E-state index contributed by atoms with van der Waals surface area (Å²) < 4.78 is 2.04. The van der Waals surface area contributed by atoms with Crippen LogP contribution in [0.4, 0.5) is 0 Å². The Kier molecular flexibility index (Phi) is 4.79. The highest BCUT2D eigenvalue weighted by Crippen LogP contribution is 2.32. The number of benzene rings is 2. The van der Waals surface area contributed by atoms with Gasteiger partial charge < -0.3 is 0 Å². The molecule has 3 rings (SSSR count). The van der Waals surface area contributed by atoms with Gasteiger partial charge in [-0.2, -0.15) is 0 Å². The molecule has 0 spiro atoms. The quantitative estimate of drug-likeness (QED) is 0.452. The Bertz CT molecular complexity index is 813. The first kappa shape index (κ1) is 15.9. The highest BCUT2D eigenvalue weighted by Gasteiger charge is 2.15. The summed E-state index contributed by atoms with van der Waals surface area (Å²) in [6.45, 7) is 0. The molecule has 0 aliphatic carbocycles. The Morgan fingerprint density at radius 3 is 2.27 bits per heavy atom. The van der Waals surface area contributed by atoms with Crippen LogP contribution >= 0.6 is 50.7 Å². The Morgan fingerprint density at radius 2 is 1.64 bits per heavy atom. The summed E-state index contributed by atoms with van der Waals surface area (Å²) in [6.07, 6.45) is 1.82. The lowest BCUT2D eigenvalue weighted by Gasteiger charge is -2.12. The average Bonchev–Trinajstić information content (AvgIpc) is 2.92. The molecule has 6 heteroatoms. The molecule has 2 aromatic carbocycles. The monoisotopic (exact) mass is 414 g/mol. The highest BCUT2D eigenvalue weighted by molar-refractivity contribution is 9.08. The van der Waals surface area contributed by atoms with Gasteiger partial charge in [0.15, 0.2) is 0 Å². The molecule has 0 fully saturated rings. The third-order valence-electron chi connectivity index (χ3n) is 3.23. The molecule has 0 amide bonds. The van der Waals surface area contributed by atoms with Gasteiger partial charge in [0.2, 0.25) is 0 Å². The summed E-state index contributed by atoms with van der Waals surface area (Å²) in [7, 11) is 0. The maximum atomic E-state index is 6.33. The number of nitrogens with zero attached hydrogens (tertiary/aromatic N) is 2. The van der Waals surface area contributed by atoms with Crippen LogP contribution in [0.3, 0.4) is 0 Å². The summed E-state index contributed by atoms with van der Waals surface area (Å²) in [5.74, 6) is 0.762. The predicted molar refractivity (Wildman–Crippen MR) is 96.7 cm³/mol. The Morgan fingerprint density at radius 1 is 0.955 bits per heavy atom. The molecule has 3 aromatic rings. The molecule has 1 aromatic heterocycles. The van der Waals surface area contributed by atoms with Gasteiger partial charge in [-0.25, -0.2) is 4.98 Å². The van der Waals surface area contributed by atoms with Gasteiger partial charge in [0, 0.05) is 26.6 Å². The van der Waals surface area contributed by atoms with Crippen LogP contribution in [-0.4, -0.2) is 9.55 Å². The molecular weight excluding hydrogens is 406 g/mol. The molecule has 0 unspecified atom stereocenters. The fourth-order valence-corrected chi connectivity index (χ4v) is 3.24. The van der Waals surface area contributed by atoms with Gasteiger partial charge in [-0.05, 0) is 42.5 Å². The second kappa shape index (κ2) is 6.63. The molecule has 22 heavy (non-hydrogen) atoms. The van der Waals surface area contributed by atoms with Crippen LogP contribution in [-0.2, 0) is 5.33 Å². The highest BCUT2D eigenvalue weighted by atomic mass is 79.9. The average molecular weight is 417 g/mol. The van der Waals surface area contributed by atoms with E-state index in [0.717, 1.165) is 22.8 Å². The van der Waals surface area contributed by atoms with Crippen molar-refractivity contribution in [3.8, 4) is 17.1 Å². The molecule has 0 radical (unpaired) electrons. The van der Waals surface area contributed by atoms with E-state index in [9.17, 15) is 0 Å². The van der Waals surface area contributed by atoms with Crippen LogP contribution in [0.5, 0.6) is 0 Å². The van der Waals surface area contributed by atoms with Gasteiger partial charge in [-0.3, -0.25) is 4.57 Å². The van der Waals surface area contributed by atoms with Gasteiger partial charge in [0.05, 0.1) is 16.9 Å². The van der Waals surface area contributed by atoms with E-state index >= 15 is 0 Å². The number of alkyl halides is 1. The number of halogens is 4. The Hall–Kier alpha value is -1.00. The number of imidazole rings is 1. The largest absolute Gasteiger partial charge is 0.296 e. The number of rotatable bonds is 3. The fourth-order valence-electron chi connectivity index (χ4n) is 2.22. The third kappa shape index (κ3) is 3.04. The molecule has 112 valence electrons. The molecule has 0 aliphatic rings. The fraction of sp³-hybridized carbons (Fsp3) is 0.0625. The first-order valence-electron chi connectivity index (χ1n) is 6.44. The van der Waals surface area contributed by atoms with Crippen molar-refractivity contribution >= 4 is 50.7 Å². The number of aromatic nitrogens is 2. The smallest absolute Gasteiger partial charge is 0.146 e. The molecule has 0 atom stereocenters. The standard InChI is InChI=1S/C16H10BrCl3N2/c17-8-13-9-21-16(14-6-3-11(19)7-15(14)20)22(13)12-4-1-10(18)2-5-12/h1-7,9H,8H2. The van der Waals surface area contributed by atoms with Crippen LogP contribution < -0.4 is 0 Å². The summed E-state index contributed by atoms with van der Waals surface area (Å²) in [4.78, 5) is 4.52. The first-order valence-corrected chi connectivity index (χ1v) is 8.69. The van der Waals surface area contributed by atoms with Gasteiger partial charge in [-0.1, -0.05) is 50.7 Å². The van der Waals surface area contributed by atoms with Crippen molar-refractivity contribution in [1.82, 2.24) is 9.55 Å². The van der Waals surface area contributed by atoms with E-state index in [1.54, 1.807) is 12.1 Å². The zero-order valence-corrected chi connectivity index (χ0v) is 15.1. The van der Waals surface area contributed by atoms with Gasteiger partial charge in [0.25, 0.3) is 0 Å². The molecule has 0 saturated heterocycles. The lowest BCUT2D eigenvalue weighted by atomic mass is 10.2. The summed E-state index contributed by atoms with van der Waals surface area (Å²) in [6, 6.07) is 13.0. The summed E-state index contributed by atoms with van der Waals surface area (Å²) in [5, 5.41) is 2.53. The lowest BCUT2D eigenvalue weighted by Crippen LogP contribution is -2.01. The van der Waals surface area contributed by atoms with Crippen LogP contribution in [0.25, 0.3) is 17.1 Å². The molecule has 0 saturated carbocycles. The van der Waals surface area contributed by atoms with Crippen molar-refractivity contribution < 1.29 is 0 Å². The van der Waals surface area contributed by atoms with Crippen molar-refractivity contribution in [2.24, 2.45) is 0 Å². The zero-order chi connectivity index (χ0) is 15.7. The van der Waals surface area contributed by atoms with E-state index in [0.29, 0.717) is 20.4 Å². The second-order valence-electron chi connectivity index (χ2n) is 4.64. The Labute approximate surface area is 151 Å². The van der Waals surface area contributed by atoms with Crippen molar-refractivity contribution in [3.63, 3.8) is 0 Å². The second-order valence-corrected chi connectivity index (χ2v) is 6.48. The third-order valence-corrected chi connectivity index (χ3v) is 4.60. The van der Waals surface area contributed by atoms with Gasteiger partial charge in [0.1, 0.15) is 5.82 Å². The van der Waals surface area contributed by atoms with E-state index < -0.39 is 0 Å². The van der Waals surface area contributed by atoms with Crippen LogP contribution in [0.2, 0.25) is 15.1 Å². The number of hydrogen-bond acceptors (Lipinski definition) is 1. The molecule has 2 nitrogen and oxygen atoms in total. The Balaban J connectivity index is 2.21. The SMILES string of the molecule is Clc1ccc(-n2c(CBr)cnc2-c2ccc(Cl)cc2Cl)cc1. The van der Waals surface area contributed by atoms with E-state index in [-0.39, 0.29) is 0 Å². The topological polar surface area (TPSA) is 17.8 Å². The van der Waals surface area contributed by atoms with E-state index in [1.165, 1.54) is 0 Å². The molecule has 0 bridgehead atoms. The maximum absolute atomic E-state index is 6.33. The van der Waals surface area contributed by atoms with Crippen molar-refractivity contribution in [1.29, 1.82) is 0 Å². The minimum Gasteiger partial charge on any atom is -0.296 e. The minimum absolute atomic E-state index is 0.564.